The molecule has 0 unspecified atom stereocenters. The van der Waals surface area contributed by atoms with Gasteiger partial charge in [0.05, 0.1) is 0 Å². The molecular weight excluding hydrogens is 1130 g/mol. The van der Waals surface area contributed by atoms with Gasteiger partial charge in [0, 0.05) is 38.2 Å². The predicted molar refractivity (Wildman–Crippen MR) is 348 cm³/mol. The van der Waals surface area contributed by atoms with Gasteiger partial charge < -0.3 is 25.4 Å². The van der Waals surface area contributed by atoms with E-state index in [4.69, 9.17) is 0 Å². The first-order chi connectivity index (χ1) is 40.7. The summed E-state index contributed by atoms with van der Waals surface area (Å²) in [6.07, 6.45) is 8.75. The third-order valence-corrected chi connectivity index (χ3v) is 24.2. The number of allylic oxidation sites excluding steroid dienone is 6. The Morgan fingerprint density at radius 3 is 1.84 bits per heavy atom. The molecule has 0 saturated heterocycles. The minimum absolute atomic E-state index is 0.00449. The third kappa shape index (κ3) is 13.8. The molecule has 7 aromatic rings. The molecule has 0 fully saturated rings. The topological polar surface area (TPSA) is 158 Å². The number of carbonyl (C=O) groups excluding carboxylic acids is 2. The number of hydrogen-bond donors (Lipinski definition) is 6. The van der Waals surface area contributed by atoms with Crippen LogP contribution in [0.3, 0.4) is 0 Å². The molecule has 1 amide bonds. The molecule has 9 rings (SSSR count). The molecule has 0 bridgehead atoms. The number of nitrogens with zero attached hydrogens (tertiary/aromatic N) is 3. The van der Waals surface area contributed by atoms with Crippen molar-refractivity contribution in [1.29, 1.82) is 0 Å². The summed E-state index contributed by atoms with van der Waals surface area (Å²) >= 11 is -2.91. The first kappa shape index (κ1) is 62.2. The fraction of sp³-hybridized carbons (Fsp3) is 0.261. The van der Waals surface area contributed by atoms with Gasteiger partial charge in [-0.2, -0.15) is 0 Å². The molecule has 0 spiro atoms. The Morgan fingerprint density at radius 2 is 1.25 bits per heavy atom. The fourth-order valence-electron chi connectivity index (χ4n) is 12.1. The second-order valence-corrected chi connectivity index (χ2v) is 32.2. The molecular formula is C69H75B2F2GeN5O6. The van der Waals surface area contributed by atoms with Crippen LogP contribution in [0.1, 0.15) is 78.5 Å². The number of Topliss-reactive ketones (excluding diaryl/α,β-unsaturated/α-hetero) is 1. The van der Waals surface area contributed by atoms with Gasteiger partial charge in [-0.1, -0.05) is 43.5 Å². The summed E-state index contributed by atoms with van der Waals surface area (Å²) in [6.45, 7) is 15.7. The molecule has 1 heterocycles. The predicted octanol–water partition coefficient (Wildman–Crippen LogP) is 9.89. The van der Waals surface area contributed by atoms with E-state index in [1.165, 1.54) is 37.6 Å². The van der Waals surface area contributed by atoms with E-state index in [1.54, 1.807) is 26.0 Å². The average Bonchev–Trinajstić information content (AvgIpc) is 1.69. The third-order valence-electron chi connectivity index (χ3n) is 16.8. The quantitative estimate of drug-likeness (QED) is 0.0150. The molecule has 11 nitrogen and oxygen atoms in total. The van der Waals surface area contributed by atoms with Crippen molar-refractivity contribution in [3.8, 4) is 11.1 Å². The number of hydrogen-bond acceptors (Lipinski definition) is 10. The van der Waals surface area contributed by atoms with Crippen LogP contribution >= 0.6 is 0 Å². The van der Waals surface area contributed by atoms with Crippen molar-refractivity contribution in [2.24, 2.45) is 4.99 Å². The van der Waals surface area contributed by atoms with Crippen LogP contribution in [-0.2, 0) is 35.8 Å². The van der Waals surface area contributed by atoms with Gasteiger partial charge >= 0.3 is 259 Å². The number of fused-ring (bicyclic) bond motifs is 4. The van der Waals surface area contributed by atoms with Crippen LogP contribution in [0.25, 0.3) is 38.2 Å². The van der Waals surface area contributed by atoms with E-state index in [-0.39, 0.29) is 35.7 Å². The maximum atomic E-state index is 14.8. The molecule has 7 aromatic carbocycles. The number of rotatable bonds is 24. The Hall–Kier alpha value is -7.34. The maximum absolute atomic E-state index is 14.8. The summed E-state index contributed by atoms with van der Waals surface area (Å²) in [5.41, 5.74) is 14.0. The molecule has 6 N–H and O–H groups in total. The van der Waals surface area contributed by atoms with Crippen molar-refractivity contribution in [3.63, 3.8) is 0 Å². The van der Waals surface area contributed by atoms with Gasteiger partial charge in [0.25, 0.3) is 0 Å². The van der Waals surface area contributed by atoms with Crippen molar-refractivity contribution in [3.05, 3.63) is 218 Å². The van der Waals surface area contributed by atoms with Crippen LogP contribution < -0.4 is 26.0 Å². The number of carbonyl (C=O) groups is 2. The Bertz CT molecular complexity index is 3910. The van der Waals surface area contributed by atoms with E-state index in [9.17, 15) is 38.5 Å². The molecule has 0 atom stereocenters. The summed E-state index contributed by atoms with van der Waals surface area (Å²) < 4.78 is 32.3. The van der Waals surface area contributed by atoms with Gasteiger partial charge in [-0.05, 0) is 91.5 Å². The SMILES string of the molecule is C=C(C)C(=O)CCCCN(Cc1ccc(F)cc1B(O)O)Cc1c2ccccc2c(CN(CCCNC(=O)C(=C)C)Cc2ccc(F)cc2B(O)O)c2ccc(-c3ccc(C)c(C4=C5C=CC(=NC)C=[C]5[Ge]([CH3])([CH3])[c]5cc(NC)ccc54)c3)cc12. The normalized spacial score (nSPS) is 14.0. The van der Waals surface area contributed by atoms with Gasteiger partial charge in [0.15, 0.2) is 5.78 Å². The molecule has 1 aliphatic heterocycles. The minimum atomic E-state index is -2.91. The van der Waals surface area contributed by atoms with Crippen molar-refractivity contribution >= 4 is 93.0 Å². The van der Waals surface area contributed by atoms with E-state index >= 15 is 0 Å². The van der Waals surface area contributed by atoms with Crippen LogP contribution in [0.4, 0.5) is 14.5 Å². The zero-order valence-electron chi connectivity index (χ0n) is 49.8. The van der Waals surface area contributed by atoms with Gasteiger partial charge in [0.2, 0.25) is 5.91 Å². The summed E-state index contributed by atoms with van der Waals surface area (Å²) in [4.78, 5) is 34.5. The number of nitrogens with one attached hydrogen (secondary N) is 2. The van der Waals surface area contributed by atoms with E-state index in [2.05, 4.69) is 142 Å². The van der Waals surface area contributed by atoms with Crippen molar-refractivity contribution < 1.29 is 38.5 Å². The Kier molecular flexibility index (Phi) is 19.7. The number of aliphatic imine (C=N–C) groups is 1. The number of anilines is 1. The number of halogens is 2. The molecule has 0 saturated carbocycles. The molecule has 16 heteroatoms. The van der Waals surface area contributed by atoms with Crippen LogP contribution in [0, 0.1) is 18.6 Å². The van der Waals surface area contributed by atoms with E-state index < -0.39 is 39.1 Å². The van der Waals surface area contributed by atoms with Gasteiger partial charge in [-0.15, -0.1) is 0 Å². The molecule has 1 aliphatic carbocycles. The number of benzene rings is 7. The average molecular weight is 1200 g/mol. The van der Waals surface area contributed by atoms with E-state index in [1.807, 2.05) is 26.2 Å². The molecule has 2 aliphatic rings. The number of aryl methyl sites for hydroxylation is 1. The van der Waals surface area contributed by atoms with E-state index in [0.29, 0.717) is 80.7 Å². The standard InChI is InChI=1S/C69H75B2F2GeN5O6/c1-43(2)67(80)17-12-13-31-78(39-48-20-23-50(72)35-63(48)70(82)83)42-62-55-16-11-10-15-54(55)61(41-79(32-14-30-77-69(81)44(3)4)40-49-21-24-51(73)36-64(49)71(84)85)56-27-22-47(34-60(56)62)46-19-18-45(5)59(33-46)68-57-28-25-52(75-8)37-65(57)74(6,7)66-38-53(76-9)26-29-58(66)68/h10-11,15-16,18-29,33-38,75,82-85H,1,3,12-14,17,30-32,39-42H2,2,4-9H3,(H,77,81). The Labute approximate surface area is 501 Å². The van der Waals surface area contributed by atoms with Gasteiger partial charge in [-0.25, -0.2) is 8.78 Å². The molecule has 85 heavy (non-hydrogen) atoms. The molecule has 0 radical (unpaired) electrons. The van der Waals surface area contributed by atoms with Crippen LogP contribution in [0.2, 0.25) is 11.5 Å². The number of unbranched alkanes of at least 4 members (excludes halogenated alkanes) is 1. The Morgan fingerprint density at radius 1 is 0.659 bits per heavy atom. The van der Waals surface area contributed by atoms with Crippen molar-refractivity contribution in [2.45, 2.75) is 84.1 Å². The summed E-state index contributed by atoms with van der Waals surface area (Å²) in [6, 6.07) is 36.4. The summed E-state index contributed by atoms with van der Waals surface area (Å²) in [5, 5.41) is 52.4. The van der Waals surface area contributed by atoms with Gasteiger partial charge in [-0.3, -0.25) is 14.5 Å². The van der Waals surface area contributed by atoms with Crippen LogP contribution in [0.5, 0.6) is 0 Å². The van der Waals surface area contributed by atoms with Crippen molar-refractivity contribution in [2.75, 3.05) is 39.0 Å². The first-order valence-electron chi connectivity index (χ1n) is 29.0. The summed E-state index contributed by atoms with van der Waals surface area (Å²) in [5.74, 6) is 3.49. The molecule has 436 valence electrons. The first-order valence-corrected chi connectivity index (χ1v) is 35.3. The van der Waals surface area contributed by atoms with Crippen molar-refractivity contribution in [1.82, 2.24) is 15.1 Å². The van der Waals surface area contributed by atoms with E-state index in [0.717, 1.165) is 78.5 Å². The zero-order chi connectivity index (χ0) is 60.9. The van der Waals surface area contributed by atoms with Crippen LogP contribution in [-0.4, -0.2) is 109 Å². The second kappa shape index (κ2) is 26.9. The molecule has 0 aromatic heterocycles. The Balaban J connectivity index is 1.24. The number of amides is 1. The van der Waals surface area contributed by atoms with Crippen LogP contribution in [0.15, 0.2) is 173 Å². The number of ketones is 1. The monoisotopic (exact) mass is 1200 g/mol. The zero-order valence-corrected chi connectivity index (χ0v) is 51.8. The fourth-order valence-corrected chi connectivity index (χ4v) is 18.6. The second-order valence-electron chi connectivity index (χ2n) is 23.2. The summed E-state index contributed by atoms with van der Waals surface area (Å²) in [7, 11) is -0.0377. The van der Waals surface area contributed by atoms with Gasteiger partial charge in [0.1, 0.15) is 11.6 Å².